The lowest BCUT2D eigenvalue weighted by molar-refractivity contribution is 0.359. The number of nitrogens with one attached hydrogen (secondary N) is 1. The summed E-state index contributed by atoms with van der Waals surface area (Å²) in [5, 5.41) is 3.68. The molecule has 1 fully saturated rings. The van der Waals surface area contributed by atoms with E-state index in [9.17, 15) is 0 Å². The van der Waals surface area contributed by atoms with Crippen LogP contribution in [-0.4, -0.2) is 12.1 Å². The second kappa shape index (κ2) is 6.05. The van der Waals surface area contributed by atoms with Gasteiger partial charge >= 0.3 is 0 Å². The predicted molar refractivity (Wildman–Crippen MR) is 75.8 cm³/mol. The van der Waals surface area contributed by atoms with E-state index in [4.69, 9.17) is 4.74 Å². The summed E-state index contributed by atoms with van der Waals surface area (Å²) in [4.78, 5) is 0. The van der Waals surface area contributed by atoms with Crippen molar-refractivity contribution in [2.75, 3.05) is 6.61 Å². The van der Waals surface area contributed by atoms with Gasteiger partial charge in [-0.1, -0.05) is 37.6 Å². The maximum atomic E-state index is 5.47. The highest BCUT2D eigenvalue weighted by atomic mass is 16.5. The van der Waals surface area contributed by atoms with Crippen LogP contribution in [0.25, 0.3) is 0 Å². The van der Waals surface area contributed by atoms with Crippen molar-refractivity contribution in [2.24, 2.45) is 0 Å². The van der Waals surface area contributed by atoms with Crippen LogP contribution in [0.3, 0.4) is 0 Å². The van der Waals surface area contributed by atoms with Crippen LogP contribution in [0.15, 0.2) is 36.9 Å². The Morgan fingerprint density at radius 2 is 1.94 bits per heavy atom. The summed E-state index contributed by atoms with van der Waals surface area (Å²) in [6, 6.07) is 8.31. The van der Waals surface area contributed by atoms with Crippen molar-refractivity contribution >= 4 is 0 Å². The first kappa shape index (κ1) is 13.2. The maximum absolute atomic E-state index is 5.47. The standard InChI is InChI=1S/C16H23NO/c1-3-12-18-15-8-6-14(7-9-15)13-17-16(2)10-4-5-11-16/h3,6-9,17H,1,4-5,10-13H2,2H3. The van der Waals surface area contributed by atoms with E-state index in [2.05, 4.69) is 31.0 Å². The van der Waals surface area contributed by atoms with Gasteiger partial charge in [0.2, 0.25) is 0 Å². The molecule has 1 aromatic carbocycles. The van der Waals surface area contributed by atoms with Crippen molar-refractivity contribution in [1.29, 1.82) is 0 Å². The van der Waals surface area contributed by atoms with E-state index >= 15 is 0 Å². The molecule has 0 saturated heterocycles. The van der Waals surface area contributed by atoms with Gasteiger partial charge in [-0.3, -0.25) is 0 Å². The molecule has 1 saturated carbocycles. The average molecular weight is 245 g/mol. The van der Waals surface area contributed by atoms with Gasteiger partial charge in [0, 0.05) is 12.1 Å². The molecule has 0 unspecified atom stereocenters. The summed E-state index contributed by atoms with van der Waals surface area (Å²) in [7, 11) is 0. The zero-order valence-corrected chi connectivity index (χ0v) is 11.2. The monoisotopic (exact) mass is 245 g/mol. The van der Waals surface area contributed by atoms with E-state index in [-0.39, 0.29) is 0 Å². The zero-order valence-electron chi connectivity index (χ0n) is 11.2. The molecule has 1 aliphatic carbocycles. The van der Waals surface area contributed by atoms with Gasteiger partial charge in [0.05, 0.1) is 0 Å². The molecule has 2 nitrogen and oxygen atoms in total. The van der Waals surface area contributed by atoms with Crippen LogP contribution in [0.2, 0.25) is 0 Å². The number of benzene rings is 1. The third-order valence-electron chi connectivity index (χ3n) is 3.72. The predicted octanol–water partition coefficient (Wildman–Crippen LogP) is 3.67. The van der Waals surface area contributed by atoms with Gasteiger partial charge in [-0.25, -0.2) is 0 Å². The van der Waals surface area contributed by atoms with E-state index in [0.717, 1.165) is 12.3 Å². The molecular weight excluding hydrogens is 222 g/mol. The number of hydrogen-bond acceptors (Lipinski definition) is 2. The largest absolute Gasteiger partial charge is 0.490 e. The molecule has 18 heavy (non-hydrogen) atoms. The minimum Gasteiger partial charge on any atom is -0.490 e. The highest BCUT2D eigenvalue weighted by Gasteiger charge is 2.27. The molecule has 0 atom stereocenters. The molecule has 0 aliphatic heterocycles. The molecule has 1 aromatic rings. The summed E-state index contributed by atoms with van der Waals surface area (Å²) in [6.45, 7) is 7.48. The molecule has 1 N–H and O–H groups in total. The van der Waals surface area contributed by atoms with Gasteiger partial charge in [-0.05, 0) is 37.5 Å². The SMILES string of the molecule is C=CCOc1ccc(CNC2(C)CCCC2)cc1. The van der Waals surface area contributed by atoms with E-state index in [0.29, 0.717) is 12.1 Å². The fourth-order valence-corrected chi connectivity index (χ4v) is 2.51. The molecule has 0 bridgehead atoms. The Balaban J connectivity index is 1.84. The van der Waals surface area contributed by atoms with Crippen LogP contribution in [0.1, 0.15) is 38.2 Å². The lowest BCUT2D eigenvalue weighted by Crippen LogP contribution is -2.38. The number of hydrogen-bond donors (Lipinski definition) is 1. The van der Waals surface area contributed by atoms with Gasteiger partial charge in [-0.2, -0.15) is 0 Å². The van der Waals surface area contributed by atoms with Crippen LogP contribution in [0, 0.1) is 0 Å². The van der Waals surface area contributed by atoms with Crippen LogP contribution < -0.4 is 10.1 Å². The topological polar surface area (TPSA) is 21.3 Å². The lowest BCUT2D eigenvalue weighted by Gasteiger charge is -2.25. The molecule has 1 aliphatic rings. The quantitative estimate of drug-likeness (QED) is 0.772. The fourth-order valence-electron chi connectivity index (χ4n) is 2.51. The Morgan fingerprint density at radius 1 is 1.28 bits per heavy atom. The normalized spacial score (nSPS) is 17.6. The highest BCUT2D eigenvalue weighted by molar-refractivity contribution is 5.27. The highest BCUT2D eigenvalue weighted by Crippen LogP contribution is 2.29. The van der Waals surface area contributed by atoms with Crippen molar-refractivity contribution in [2.45, 2.75) is 44.7 Å². The van der Waals surface area contributed by atoms with Crippen LogP contribution in [0.4, 0.5) is 0 Å². The van der Waals surface area contributed by atoms with Crippen molar-refractivity contribution < 1.29 is 4.74 Å². The molecule has 0 aromatic heterocycles. The van der Waals surface area contributed by atoms with Crippen LogP contribution >= 0.6 is 0 Å². The molecule has 0 heterocycles. The Morgan fingerprint density at radius 3 is 2.56 bits per heavy atom. The molecule has 0 radical (unpaired) electrons. The van der Waals surface area contributed by atoms with Crippen LogP contribution in [-0.2, 0) is 6.54 Å². The molecule has 98 valence electrons. The minimum absolute atomic E-state index is 0.345. The van der Waals surface area contributed by atoms with Gasteiger partial charge in [0.25, 0.3) is 0 Å². The fraction of sp³-hybridized carbons (Fsp3) is 0.500. The second-order valence-corrected chi connectivity index (χ2v) is 5.36. The van der Waals surface area contributed by atoms with Gasteiger partial charge in [0.1, 0.15) is 12.4 Å². The van der Waals surface area contributed by atoms with Gasteiger partial charge in [-0.15, -0.1) is 0 Å². The molecule has 2 heteroatoms. The van der Waals surface area contributed by atoms with Gasteiger partial charge < -0.3 is 10.1 Å². The third-order valence-corrected chi connectivity index (χ3v) is 3.72. The van der Waals surface area contributed by atoms with Gasteiger partial charge in [0.15, 0.2) is 0 Å². The molecule has 0 spiro atoms. The first-order valence-corrected chi connectivity index (χ1v) is 6.79. The Hall–Kier alpha value is -1.28. The Labute approximate surface area is 110 Å². The minimum atomic E-state index is 0.345. The molecule has 2 rings (SSSR count). The van der Waals surface area contributed by atoms with E-state index < -0.39 is 0 Å². The first-order valence-electron chi connectivity index (χ1n) is 6.79. The molecule has 0 amide bonds. The van der Waals surface area contributed by atoms with Crippen molar-refractivity contribution in [1.82, 2.24) is 5.32 Å². The second-order valence-electron chi connectivity index (χ2n) is 5.36. The summed E-state index contributed by atoms with van der Waals surface area (Å²) < 4.78 is 5.47. The molecular formula is C16H23NO. The van der Waals surface area contributed by atoms with Crippen molar-refractivity contribution in [3.63, 3.8) is 0 Å². The van der Waals surface area contributed by atoms with E-state index in [1.165, 1.54) is 31.2 Å². The Bertz CT molecular complexity index is 377. The van der Waals surface area contributed by atoms with E-state index in [1.807, 2.05) is 12.1 Å². The number of rotatable bonds is 6. The number of ether oxygens (including phenoxy) is 1. The first-order chi connectivity index (χ1) is 8.72. The van der Waals surface area contributed by atoms with E-state index in [1.54, 1.807) is 6.08 Å². The maximum Gasteiger partial charge on any atom is 0.119 e. The Kier molecular flexibility index (Phi) is 4.43. The smallest absolute Gasteiger partial charge is 0.119 e. The third kappa shape index (κ3) is 3.61. The average Bonchev–Trinajstić information content (AvgIpc) is 2.83. The lowest BCUT2D eigenvalue weighted by atomic mass is 10.0. The zero-order chi connectivity index (χ0) is 12.8. The van der Waals surface area contributed by atoms with Crippen molar-refractivity contribution in [3.05, 3.63) is 42.5 Å². The summed E-state index contributed by atoms with van der Waals surface area (Å²) in [5.41, 5.74) is 1.66. The van der Waals surface area contributed by atoms with Crippen LogP contribution in [0.5, 0.6) is 5.75 Å². The summed E-state index contributed by atoms with van der Waals surface area (Å²) in [6.07, 6.45) is 7.08. The van der Waals surface area contributed by atoms with Crippen molar-refractivity contribution in [3.8, 4) is 5.75 Å². The summed E-state index contributed by atoms with van der Waals surface area (Å²) >= 11 is 0. The summed E-state index contributed by atoms with van der Waals surface area (Å²) in [5.74, 6) is 0.908.